The molecule has 0 radical (unpaired) electrons. The lowest BCUT2D eigenvalue weighted by atomic mass is 10.2. The quantitative estimate of drug-likeness (QED) is 0.230. The van der Waals surface area contributed by atoms with Gasteiger partial charge in [-0.2, -0.15) is 0 Å². The van der Waals surface area contributed by atoms with Crippen LogP contribution in [0.1, 0.15) is 11.1 Å². The highest BCUT2D eigenvalue weighted by Crippen LogP contribution is 2.35. The van der Waals surface area contributed by atoms with Crippen LogP contribution in [0.5, 0.6) is 11.5 Å². The molecule has 4 aromatic carbocycles. The summed E-state index contributed by atoms with van der Waals surface area (Å²) < 4.78 is 6.90. The molecular weight excluding hydrogens is 490 g/mol. The Kier molecular flexibility index (Phi) is 5.81. The standard InChI is InChI=1S/C29H18ClN3O2S/c30-21-14-15-26-24(18-21)32-29(36-26)33-27(20-9-3-1-4-10-20)31-25(28(33)34)17-19-8-7-13-23(16-19)35-22-11-5-2-6-12-22/h1-18H. The van der Waals surface area contributed by atoms with E-state index in [4.69, 9.17) is 26.3 Å². The maximum absolute atomic E-state index is 13.7. The average Bonchev–Trinajstić information content (AvgIpc) is 3.45. The summed E-state index contributed by atoms with van der Waals surface area (Å²) in [6.07, 6.45) is 1.77. The largest absolute Gasteiger partial charge is 0.457 e. The number of benzene rings is 4. The SMILES string of the molecule is O=C1C(=Cc2cccc(Oc3ccccc3)c2)N=C(c2ccccc2)N1c1nc2cc(Cl)ccc2s1. The van der Waals surface area contributed by atoms with Crippen molar-refractivity contribution in [3.63, 3.8) is 0 Å². The number of carbonyl (C=O) groups excluding carboxylic acids is 1. The van der Waals surface area contributed by atoms with Crippen LogP contribution >= 0.6 is 22.9 Å². The minimum absolute atomic E-state index is 0.242. The van der Waals surface area contributed by atoms with Crippen LogP contribution in [0.2, 0.25) is 5.02 Å². The van der Waals surface area contributed by atoms with E-state index >= 15 is 0 Å². The number of ether oxygens (including phenoxy) is 1. The molecule has 0 aliphatic carbocycles. The van der Waals surface area contributed by atoms with Gasteiger partial charge < -0.3 is 4.74 Å². The van der Waals surface area contributed by atoms with Gasteiger partial charge in [-0.05, 0) is 54.1 Å². The first-order valence-corrected chi connectivity index (χ1v) is 12.4. The predicted molar refractivity (Wildman–Crippen MR) is 146 cm³/mol. The topological polar surface area (TPSA) is 54.8 Å². The Labute approximate surface area is 216 Å². The van der Waals surface area contributed by atoms with Gasteiger partial charge in [0.15, 0.2) is 5.13 Å². The molecule has 1 aromatic heterocycles. The van der Waals surface area contributed by atoms with Crippen LogP contribution in [0.3, 0.4) is 0 Å². The highest BCUT2D eigenvalue weighted by atomic mass is 35.5. The van der Waals surface area contributed by atoms with Crippen molar-refractivity contribution in [1.29, 1.82) is 0 Å². The van der Waals surface area contributed by atoms with Gasteiger partial charge in [0.25, 0.3) is 5.91 Å². The molecule has 7 heteroatoms. The number of amides is 1. The van der Waals surface area contributed by atoms with E-state index in [1.165, 1.54) is 11.3 Å². The van der Waals surface area contributed by atoms with Gasteiger partial charge in [-0.3, -0.25) is 4.79 Å². The Balaban J connectivity index is 1.39. The van der Waals surface area contributed by atoms with E-state index in [1.807, 2.05) is 97.1 Å². The second-order valence-electron chi connectivity index (χ2n) is 8.07. The van der Waals surface area contributed by atoms with Crippen LogP contribution in [0, 0.1) is 0 Å². The van der Waals surface area contributed by atoms with E-state index in [0.29, 0.717) is 27.4 Å². The summed E-state index contributed by atoms with van der Waals surface area (Å²) >= 11 is 7.58. The number of aromatic nitrogens is 1. The molecule has 0 saturated heterocycles. The fourth-order valence-corrected chi connectivity index (χ4v) is 5.02. The number of hydrogen-bond acceptors (Lipinski definition) is 5. The van der Waals surface area contributed by atoms with Crippen molar-refractivity contribution in [2.75, 3.05) is 4.90 Å². The molecule has 5 aromatic rings. The molecule has 0 fully saturated rings. The van der Waals surface area contributed by atoms with Crippen molar-refractivity contribution in [1.82, 2.24) is 4.98 Å². The molecule has 0 unspecified atom stereocenters. The number of thiazole rings is 1. The maximum Gasteiger partial charge on any atom is 0.284 e. The van der Waals surface area contributed by atoms with Crippen LogP contribution in [-0.4, -0.2) is 16.7 Å². The Morgan fingerprint density at radius 1 is 0.833 bits per heavy atom. The summed E-state index contributed by atoms with van der Waals surface area (Å²) in [4.78, 5) is 24.7. The van der Waals surface area contributed by atoms with Crippen LogP contribution in [0.4, 0.5) is 5.13 Å². The first-order valence-electron chi connectivity index (χ1n) is 11.2. The fraction of sp³-hybridized carbons (Fsp3) is 0. The van der Waals surface area contributed by atoms with Crippen LogP contribution in [0.15, 0.2) is 114 Å². The zero-order valence-corrected chi connectivity index (χ0v) is 20.4. The number of hydrogen-bond donors (Lipinski definition) is 0. The highest BCUT2D eigenvalue weighted by Gasteiger charge is 2.34. The summed E-state index contributed by atoms with van der Waals surface area (Å²) in [7, 11) is 0. The molecule has 2 heterocycles. The lowest BCUT2D eigenvalue weighted by Gasteiger charge is -2.14. The van der Waals surface area contributed by atoms with Gasteiger partial charge in [-0.25, -0.2) is 14.9 Å². The normalized spacial score (nSPS) is 14.5. The monoisotopic (exact) mass is 507 g/mol. The van der Waals surface area contributed by atoms with E-state index < -0.39 is 0 Å². The van der Waals surface area contributed by atoms with E-state index in [1.54, 1.807) is 17.0 Å². The molecule has 1 aliphatic heterocycles. The predicted octanol–water partition coefficient (Wildman–Crippen LogP) is 7.58. The third-order valence-corrected chi connectivity index (χ3v) is 6.82. The lowest BCUT2D eigenvalue weighted by molar-refractivity contribution is -0.113. The number of para-hydroxylation sites is 1. The van der Waals surface area contributed by atoms with Crippen LogP contribution in [0.25, 0.3) is 16.3 Å². The summed E-state index contributed by atoms with van der Waals surface area (Å²) in [6, 6.07) is 32.3. The zero-order chi connectivity index (χ0) is 24.5. The van der Waals surface area contributed by atoms with E-state index in [2.05, 4.69) is 0 Å². The van der Waals surface area contributed by atoms with Crippen molar-refractivity contribution in [3.8, 4) is 11.5 Å². The van der Waals surface area contributed by atoms with E-state index in [0.717, 1.165) is 27.1 Å². The van der Waals surface area contributed by atoms with Crippen LogP contribution in [-0.2, 0) is 4.79 Å². The van der Waals surface area contributed by atoms with Gasteiger partial charge in [0.05, 0.1) is 10.2 Å². The van der Waals surface area contributed by atoms with E-state index in [9.17, 15) is 4.79 Å². The van der Waals surface area contributed by atoms with Gasteiger partial charge in [0.1, 0.15) is 23.0 Å². The number of aliphatic imine (C=N–C) groups is 1. The molecule has 6 rings (SSSR count). The minimum Gasteiger partial charge on any atom is -0.457 e. The minimum atomic E-state index is -0.242. The molecule has 0 N–H and O–H groups in total. The van der Waals surface area contributed by atoms with Gasteiger partial charge in [0, 0.05) is 10.6 Å². The summed E-state index contributed by atoms with van der Waals surface area (Å²) in [5, 5.41) is 1.15. The number of amidine groups is 1. The number of fused-ring (bicyclic) bond motifs is 1. The number of anilines is 1. The van der Waals surface area contributed by atoms with Crippen molar-refractivity contribution >= 4 is 56.1 Å². The average molecular weight is 508 g/mol. The number of nitrogens with zero attached hydrogens (tertiary/aromatic N) is 3. The number of carbonyl (C=O) groups is 1. The molecule has 1 aliphatic rings. The fourth-order valence-electron chi connectivity index (χ4n) is 3.91. The van der Waals surface area contributed by atoms with Crippen molar-refractivity contribution in [2.45, 2.75) is 0 Å². The Morgan fingerprint density at radius 3 is 2.39 bits per heavy atom. The smallest absolute Gasteiger partial charge is 0.284 e. The molecular formula is C29H18ClN3O2S. The second kappa shape index (κ2) is 9.41. The highest BCUT2D eigenvalue weighted by molar-refractivity contribution is 7.22. The number of halogens is 1. The summed E-state index contributed by atoms with van der Waals surface area (Å²) in [5.74, 6) is 1.71. The van der Waals surface area contributed by atoms with Crippen molar-refractivity contribution in [2.24, 2.45) is 4.99 Å². The molecule has 0 atom stereocenters. The molecule has 5 nitrogen and oxygen atoms in total. The Hall–Kier alpha value is -4.26. The maximum atomic E-state index is 13.7. The lowest BCUT2D eigenvalue weighted by Crippen LogP contribution is -2.32. The third kappa shape index (κ3) is 4.40. The Morgan fingerprint density at radius 2 is 1.58 bits per heavy atom. The first kappa shape index (κ1) is 22.2. The molecule has 0 saturated carbocycles. The molecule has 36 heavy (non-hydrogen) atoms. The molecule has 1 amide bonds. The Bertz CT molecular complexity index is 1650. The molecule has 174 valence electrons. The summed E-state index contributed by atoms with van der Waals surface area (Å²) in [6.45, 7) is 0. The van der Waals surface area contributed by atoms with Crippen LogP contribution < -0.4 is 9.64 Å². The second-order valence-corrected chi connectivity index (χ2v) is 9.51. The van der Waals surface area contributed by atoms with Gasteiger partial charge in [-0.15, -0.1) is 0 Å². The van der Waals surface area contributed by atoms with Gasteiger partial charge in [0.2, 0.25) is 0 Å². The third-order valence-electron chi connectivity index (χ3n) is 5.56. The van der Waals surface area contributed by atoms with Crippen molar-refractivity contribution < 1.29 is 9.53 Å². The van der Waals surface area contributed by atoms with Gasteiger partial charge in [-0.1, -0.05) is 83.6 Å². The summed E-state index contributed by atoms with van der Waals surface area (Å²) in [5.41, 5.74) is 2.70. The van der Waals surface area contributed by atoms with E-state index in [-0.39, 0.29) is 5.91 Å². The van der Waals surface area contributed by atoms with Crippen molar-refractivity contribution in [3.05, 3.63) is 125 Å². The number of rotatable bonds is 5. The first-order chi connectivity index (χ1) is 17.6. The molecule has 0 bridgehead atoms. The van der Waals surface area contributed by atoms with Gasteiger partial charge >= 0.3 is 0 Å². The zero-order valence-electron chi connectivity index (χ0n) is 18.8. The molecule has 0 spiro atoms.